The molecule has 2 amide bonds. The van der Waals surface area contributed by atoms with Gasteiger partial charge in [0.2, 0.25) is 5.91 Å². The lowest BCUT2D eigenvalue weighted by atomic mass is 10.2. The lowest BCUT2D eigenvalue weighted by Gasteiger charge is -2.34. The summed E-state index contributed by atoms with van der Waals surface area (Å²) in [6.07, 6.45) is 2.18. The zero-order chi connectivity index (χ0) is 18.3. The van der Waals surface area contributed by atoms with Gasteiger partial charge in [0.1, 0.15) is 4.88 Å². The van der Waals surface area contributed by atoms with E-state index in [0.29, 0.717) is 53.7 Å². The van der Waals surface area contributed by atoms with E-state index in [1.807, 2.05) is 17.0 Å². The van der Waals surface area contributed by atoms with Crippen LogP contribution in [-0.2, 0) is 4.79 Å². The number of hydrogen-bond donors (Lipinski definition) is 1. The number of piperazine rings is 1. The highest BCUT2D eigenvalue weighted by atomic mass is 35.5. The number of thiophene rings is 1. The molecule has 26 heavy (non-hydrogen) atoms. The highest BCUT2D eigenvalue weighted by Gasteiger charge is 2.28. The predicted molar refractivity (Wildman–Crippen MR) is 105 cm³/mol. The monoisotopic (exact) mass is 411 g/mol. The van der Waals surface area contributed by atoms with Gasteiger partial charge in [-0.2, -0.15) is 0 Å². The Morgan fingerprint density at radius 1 is 1.15 bits per heavy atom. The van der Waals surface area contributed by atoms with E-state index in [0.717, 1.165) is 22.9 Å². The summed E-state index contributed by atoms with van der Waals surface area (Å²) in [6, 6.07) is 5.85. The second kappa shape index (κ2) is 7.35. The topological polar surface area (TPSA) is 52.7 Å². The molecule has 0 atom stereocenters. The van der Waals surface area contributed by atoms with Crippen LogP contribution in [0.1, 0.15) is 22.5 Å². The van der Waals surface area contributed by atoms with E-state index in [9.17, 15) is 9.59 Å². The molecule has 1 saturated heterocycles. The second-order valence-corrected chi connectivity index (χ2v) is 8.66. The van der Waals surface area contributed by atoms with E-state index in [-0.39, 0.29) is 11.8 Å². The van der Waals surface area contributed by atoms with Crippen LogP contribution in [0.25, 0.3) is 10.1 Å². The van der Waals surface area contributed by atoms with E-state index in [1.165, 1.54) is 11.3 Å². The molecule has 2 fully saturated rings. The van der Waals surface area contributed by atoms with Crippen molar-refractivity contribution in [3.63, 3.8) is 0 Å². The average molecular weight is 412 g/mol. The second-order valence-electron chi connectivity index (χ2n) is 6.80. The van der Waals surface area contributed by atoms with E-state index in [1.54, 1.807) is 6.07 Å². The predicted octanol–water partition coefficient (Wildman–Crippen LogP) is 3.24. The van der Waals surface area contributed by atoms with Crippen molar-refractivity contribution in [1.82, 2.24) is 15.1 Å². The number of amides is 2. The number of halogens is 2. The fraction of sp³-hybridized carbons (Fsp3) is 0.444. The maximum Gasteiger partial charge on any atom is 0.265 e. The molecule has 2 aromatic rings. The van der Waals surface area contributed by atoms with Crippen molar-refractivity contribution in [1.29, 1.82) is 0 Å². The Balaban J connectivity index is 1.39. The van der Waals surface area contributed by atoms with E-state index in [4.69, 9.17) is 23.2 Å². The molecule has 0 unspecified atom stereocenters. The van der Waals surface area contributed by atoms with Gasteiger partial charge in [-0.15, -0.1) is 11.3 Å². The summed E-state index contributed by atoms with van der Waals surface area (Å²) in [6.45, 7) is 2.98. The zero-order valence-electron chi connectivity index (χ0n) is 14.1. The van der Waals surface area contributed by atoms with Crippen LogP contribution in [0.2, 0.25) is 10.0 Å². The lowest BCUT2D eigenvalue weighted by Crippen LogP contribution is -2.51. The highest BCUT2D eigenvalue weighted by molar-refractivity contribution is 7.21. The molecular weight excluding hydrogens is 393 g/mol. The Kier molecular flexibility index (Phi) is 5.10. The lowest BCUT2D eigenvalue weighted by molar-refractivity contribution is -0.122. The molecule has 1 saturated carbocycles. The molecule has 2 heterocycles. The zero-order valence-corrected chi connectivity index (χ0v) is 16.5. The third kappa shape index (κ3) is 3.83. The first kappa shape index (κ1) is 18.0. The Labute approximate surface area is 165 Å². The van der Waals surface area contributed by atoms with Crippen LogP contribution in [-0.4, -0.2) is 60.4 Å². The third-order valence-corrected chi connectivity index (χ3v) is 6.64. The van der Waals surface area contributed by atoms with Crippen molar-refractivity contribution in [2.75, 3.05) is 32.7 Å². The molecule has 1 N–H and O–H groups in total. The number of nitrogens with one attached hydrogen (secondary N) is 1. The van der Waals surface area contributed by atoms with E-state index >= 15 is 0 Å². The number of benzene rings is 1. The van der Waals surface area contributed by atoms with Gasteiger partial charge in [0.05, 0.1) is 11.6 Å². The molecule has 8 heteroatoms. The minimum Gasteiger partial charge on any atom is -0.352 e. The van der Waals surface area contributed by atoms with Crippen molar-refractivity contribution in [3.05, 3.63) is 33.1 Å². The first-order chi connectivity index (χ1) is 12.5. The SMILES string of the molecule is O=C(CN1CCN(C(=O)c2sc3cc(Cl)ccc3c2Cl)CC1)NC1CC1. The average Bonchev–Trinajstić information content (AvgIpc) is 3.37. The summed E-state index contributed by atoms with van der Waals surface area (Å²) in [7, 11) is 0. The van der Waals surface area contributed by atoms with Crippen LogP contribution in [0, 0.1) is 0 Å². The maximum atomic E-state index is 12.9. The largest absolute Gasteiger partial charge is 0.352 e. The Hall–Kier alpha value is -1.34. The van der Waals surface area contributed by atoms with Gasteiger partial charge in [-0.3, -0.25) is 14.5 Å². The summed E-state index contributed by atoms with van der Waals surface area (Å²) in [5.41, 5.74) is 0. The summed E-state index contributed by atoms with van der Waals surface area (Å²) >= 11 is 13.8. The molecular formula is C18H19Cl2N3O2S. The molecule has 1 aromatic carbocycles. The molecule has 2 aliphatic rings. The van der Waals surface area contributed by atoms with Gasteiger partial charge in [-0.1, -0.05) is 29.3 Å². The Bertz CT molecular complexity index is 857. The Morgan fingerprint density at radius 2 is 1.88 bits per heavy atom. The number of carbonyl (C=O) groups excluding carboxylic acids is 2. The fourth-order valence-corrected chi connectivity index (χ4v) is 4.89. The molecule has 1 aliphatic heterocycles. The minimum atomic E-state index is -0.0468. The number of fused-ring (bicyclic) bond motifs is 1. The van der Waals surface area contributed by atoms with Crippen molar-refractivity contribution >= 4 is 56.4 Å². The van der Waals surface area contributed by atoms with Gasteiger partial charge in [-0.25, -0.2) is 0 Å². The van der Waals surface area contributed by atoms with Crippen LogP contribution in [0.4, 0.5) is 0 Å². The smallest absolute Gasteiger partial charge is 0.265 e. The summed E-state index contributed by atoms with van der Waals surface area (Å²) in [5, 5.41) is 4.99. The summed E-state index contributed by atoms with van der Waals surface area (Å²) in [4.78, 5) is 29.3. The van der Waals surface area contributed by atoms with Crippen LogP contribution in [0.5, 0.6) is 0 Å². The first-order valence-corrected chi connectivity index (χ1v) is 10.3. The minimum absolute atomic E-state index is 0.0468. The Morgan fingerprint density at radius 3 is 2.58 bits per heavy atom. The van der Waals surface area contributed by atoms with Crippen LogP contribution in [0.3, 0.4) is 0 Å². The van der Waals surface area contributed by atoms with Crippen LogP contribution < -0.4 is 5.32 Å². The first-order valence-electron chi connectivity index (χ1n) is 8.70. The van der Waals surface area contributed by atoms with Crippen LogP contribution in [0.15, 0.2) is 18.2 Å². The normalized spacial score (nSPS) is 18.3. The molecule has 0 radical (unpaired) electrons. The van der Waals surface area contributed by atoms with Gasteiger partial charge < -0.3 is 10.2 Å². The molecule has 1 aromatic heterocycles. The van der Waals surface area contributed by atoms with Gasteiger partial charge >= 0.3 is 0 Å². The van der Waals surface area contributed by atoms with Gasteiger partial charge in [0, 0.05) is 47.3 Å². The summed E-state index contributed by atoms with van der Waals surface area (Å²) in [5.74, 6) is 0.0334. The molecule has 138 valence electrons. The number of carbonyl (C=O) groups is 2. The third-order valence-electron chi connectivity index (χ3n) is 4.75. The van der Waals surface area contributed by atoms with E-state index < -0.39 is 0 Å². The maximum absolute atomic E-state index is 12.9. The summed E-state index contributed by atoms with van der Waals surface area (Å²) < 4.78 is 0.918. The number of hydrogen-bond acceptors (Lipinski definition) is 4. The number of rotatable bonds is 4. The molecule has 0 spiro atoms. The van der Waals surface area contributed by atoms with E-state index in [2.05, 4.69) is 10.2 Å². The van der Waals surface area contributed by atoms with Gasteiger partial charge in [-0.05, 0) is 25.0 Å². The van der Waals surface area contributed by atoms with Crippen molar-refractivity contribution in [2.45, 2.75) is 18.9 Å². The quantitative estimate of drug-likeness (QED) is 0.839. The van der Waals surface area contributed by atoms with Gasteiger partial charge in [0.25, 0.3) is 5.91 Å². The number of nitrogens with zero attached hydrogens (tertiary/aromatic N) is 2. The highest BCUT2D eigenvalue weighted by Crippen LogP contribution is 2.37. The fourth-order valence-electron chi connectivity index (χ4n) is 3.13. The molecule has 5 nitrogen and oxygen atoms in total. The van der Waals surface area contributed by atoms with Crippen molar-refractivity contribution in [2.24, 2.45) is 0 Å². The van der Waals surface area contributed by atoms with Crippen LogP contribution >= 0.6 is 34.5 Å². The molecule has 0 bridgehead atoms. The molecule has 1 aliphatic carbocycles. The molecule has 4 rings (SSSR count). The van der Waals surface area contributed by atoms with Crippen molar-refractivity contribution < 1.29 is 9.59 Å². The van der Waals surface area contributed by atoms with Gasteiger partial charge in [0.15, 0.2) is 0 Å². The standard InChI is InChI=1S/C18H19Cl2N3O2S/c19-11-1-4-13-14(9-11)26-17(16(13)20)18(25)23-7-5-22(6-8-23)10-15(24)21-12-2-3-12/h1,4,9,12H,2-3,5-8,10H2,(H,21,24). The van der Waals surface area contributed by atoms with Crippen molar-refractivity contribution in [3.8, 4) is 0 Å².